The molecule has 0 atom stereocenters. The fourth-order valence-electron chi connectivity index (χ4n) is 3.34. The number of primary amides is 1. The van der Waals surface area contributed by atoms with E-state index in [4.69, 9.17) is 10.5 Å². The first-order valence-electron chi connectivity index (χ1n) is 9.65. The fraction of sp³-hybridized carbons (Fsp3) is 0.0870. The summed E-state index contributed by atoms with van der Waals surface area (Å²) in [5.41, 5.74) is 9.91. The largest absolute Gasteiger partial charge is 0.482 e. The van der Waals surface area contributed by atoms with Gasteiger partial charge in [-0.1, -0.05) is 12.1 Å². The topological polar surface area (TPSA) is 136 Å². The molecule has 2 heterocycles. The van der Waals surface area contributed by atoms with E-state index < -0.39 is 12.0 Å². The molecule has 5 N–H and O–H groups in total. The second-order valence-electron chi connectivity index (χ2n) is 7.00. The van der Waals surface area contributed by atoms with Gasteiger partial charge in [-0.3, -0.25) is 4.79 Å². The summed E-state index contributed by atoms with van der Waals surface area (Å²) in [6.07, 6.45) is 3.54. The lowest BCUT2D eigenvalue weighted by Gasteiger charge is -2.06. The quantitative estimate of drug-likeness (QED) is 0.350. The van der Waals surface area contributed by atoms with Crippen molar-refractivity contribution >= 4 is 40.9 Å². The van der Waals surface area contributed by atoms with Crippen LogP contribution in [0.25, 0.3) is 22.8 Å². The number of hydrogen-bond donors (Lipinski definition) is 4. The number of benzene rings is 2. The molecule has 0 saturated carbocycles. The summed E-state index contributed by atoms with van der Waals surface area (Å²) < 4.78 is 10.0. The van der Waals surface area contributed by atoms with Crippen molar-refractivity contribution in [1.82, 2.24) is 4.98 Å². The number of aromatic nitrogens is 1. The Morgan fingerprint density at radius 1 is 1.12 bits per heavy atom. The summed E-state index contributed by atoms with van der Waals surface area (Å²) in [7, 11) is 1.30. The van der Waals surface area contributed by atoms with Gasteiger partial charge in [-0.05, 0) is 53.6 Å². The van der Waals surface area contributed by atoms with Crippen LogP contribution in [-0.4, -0.2) is 36.6 Å². The maximum Gasteiger partial charge on any atom is 0.343 e. The molecule has 0 saturated heterocycles. The zero-order valence-corrected chi connectivity index (χ0v) is 17.1. The number of aromatic amines is 1. The Labute approximate surface area is 183 Å². The zero-order chi connectivity index (χ0) is 22.7. The summed E-state index contributed by atoms with van der Waals surface area (Å²) in [6.45, 7) is -0.175. The number of urea groups is 1. The van der Waals surface area contributed by atoms with Crippen LogP contribution in [0.5, 0.6) is 5.75 Å². The van der Waals surface area contributed by atoms with Crippen molar-refractivity contribution in [3.05, 3.63) is 66.0 Å². The minimum absolute atomic E-state index is 0.175. The highest BCUT2D eigenvalue weighted by atomic mass is 16.6. The van der Waals surface area contributed by atoms with Crippen LogP contribution >= 0.6 is 0 Å². The van der Waals surface area contributed by atoms with E-state index in [1.807, 2.05) is 30.5 Å². The van der Waals surface area contributed by atoms with Crippen LogP contribution in [0.3, 0.4) is 0 Å². The Morgan fingerprint density at radius 3 is 2.75 bits per heavy atom. The van der Waals surface area contributed by atoms with E-state index in [1.54, 1.807) is 30.3 Å². The molecular formula is C23H20N4O5. The van der Waals surface area contributed by atoms with Gasteiger partial charge < -0.3 is 30.8 Å². The number of ether oxygens (including phenoxy) is 2. The van der Waals surface area contributed by atoms with Crippen molar-refractivity contribution in [1.29, 1.82) is 0 Å². The first-order chi connectivity index (χ1) is 15.4. The molecule has 9 heteroatoms. The molecule has 32 heavy (non-hydrogen) atoms. The molecule has 162 valence electrons. The van der Waals surface area contributed by atoms with Gasteiger partial charge in [-0.2, -0.15) is 0 Å². The lowest BCUT2D eigenvalue weighted by molar-refractivity contribution is -0.142. The SMILES string of the molecule is COC(=O)COc1cccc(-c2c[nH]c(C=C3C(=O)Nc4ccc(NC(N)=O)cc43)c2)c1. The summed E-state index contributed by atoms with van der Waals surface area (Å²) in [4.78, 5) is 38.0. The number of carbonyl (C=O) groups is 3. The number of methoxy groups -OCH3 is 1. The predicted octanol–water partition coefficient (Wildman–Crippen LogP) is 3.22. The van der Waals surface area contributed by atoms with Crippen LogP contribution < -0.4 is 21.1 Å². The minimum atomic E-state index is -0.681. The molecule has 1 aliphatic heterocycles. The average molecular weight is 432 g/mol. The van der Waals surface area contributed by atoms with E-state index >= 15 is 0 Å². The molecule has 1 aromatic heterocycles. The standard InChI is InChI=1S/C23H20N4O5/c1-31-21(28)12-32-17-4-2-3-13(8-17)14-7-16(25-11-14)10-19-18-9-15(26-23(24)30)5-6-20(18)27-22(19)29/h2-11,25H,12H2,1H3,(H,27,29)(H3,24,26,30). The molecule has 3 amide bonds. The highest BCUT2D eigenvalue weighted by Gasteiger charge is 2.24. The third-order valence-electron chi connectivity index (χ3n) is 4.83. The van der Waals surface area contributed by atoms with Crippen molar-refractivity contribution < 1.29 is 23.9 Å². The first kappa shape index (κ1) is 20.7. The molecule has 9 nitrogen and oxygen atoms in total. The molecule has 3 aromatic rings. The molecule has 4 rings (SSSR count). The van der Waals surface area contributed by atoms with E-state index in [0.29, 0.717) is 34.0 Å². The monoisotopic (exact) mass is 432 g/mol. The summed E-state index contributed by atoms with van der Waals surface area (Å²) in [6, 6.07) is 13.6. The number of rotatable bonds is 6. The number of esters is 1. The Hall–Kier alpha value is -4.53. The zero-order valence-electron chi connectivity index (χ0n) is 17.1. The van der Waals surface area contributed by atoms with Crippen molar-refractivity contribution in [3.63, 3.8) is 0 Å². The van der Waals surface area contributed by atoms with Gasteiger partial charge in [0.05, 0.1) is 12.7 Å². The Bertz CT molecular complexity index is 1240. The van der Waals surface area contributed by atoms with Crippen LogP contribution in [0.2, 0.25) is 0 Å². The molecule has 0 unspecified atom stereocenters. The van der Waals surface area contributed by atoms with Gasteiger partial charge in [0.1, 0.15) is 5.75 Å². The number of nitrogens with one attached hydrogen (secondary N) is 3. The van der Waals surface area contributed by atoms with Crippen LogP contribution in [0.4, 0.5) is 16.2 Å². The van der Waals surface area contributed by atoms with Crippen molar-refractivity contribution in [2.45, 2.75) is 0 Å². The van der Waals surface area contributed by atoms with E-state index in [1.165, 1.54) is 7.11 Å². The lowest BCUT2D eigenvalue weighted by atomic mass is 10.0. The number of amides is 3. The van der Waals surface area contributed by atoms with Crippen LogP contribution in [0.15, 0.2) is 54.7 Å². The van der Waals surface area contributed by atoms with E-state index in [-0.39, 0.29) is 12.5 Å². The van der Waals surface area contributed by atoms with Crippen molar-refractivity contribution in [3.8, 4) is 16.9 Å². The fourth-order valence-corrected chi connectivity index (χ4v) is 3.34. The van der Waals surface area contributed by atoms with Crippen LogP contribution in [-0.2, 0) is 14.3 Å². The Kier molecular flexibility index (Phi) is 5.63. The number of hydrogen-bond acceptors (Lipinski definition) is 5. The van der Waals surface area contributed by atoms with Gasteiger partial charge in [0.25, 0.3) is 5.91 Å². The third-order valence-corrected chi connectivity index (χ3v) is 4.83. The first-order valence-corrected chi connectivity index (χ1v) is 9.65. The van der Waals surface area contributed by atoms with Gasteiger partial charge >= 0.3 is 12.0 Å². The summed E-state index contributed by atoms with van der Waals surface area (Å²) >= 11 is 0. The van der Waals surface area contributed by atoms with Gasteiger partial charge in [0, 0.05) is 28.8 Å². The average Bonchev–Trinajstić information content (AvgIpc) is 3.37. The number of carbonyl (C=O) groups excluding carboxylic acids is 3. The lowest BCUT2D eigenvalue weighted by Crippen LogP contribution is -2.19. The van der Waals surface area contributed by atoms with Crippen LogP contribution in [0, 0.1) is 0 Å². The van der Waals surface area contributed by atoms with E-state index in [0.717, 1.165) is 11.1 Å². The van der Waals surface area contributed by atoms with Gasteiger partial charge in [-0.25, -0.2) is 9.59 Å². The van der Waals surface area contributed by atoms with E-state index in [9.17, 15) is 14.4 Å². The molecule has 2 aromatic carbocycles. The van der Waals surface area contributed by atoms with E-state index in [2.05, 4.69) is 20.4 Å². The van der Waals surface area contributed by atoms with Gasteiger partial charge in [0.15, 0.2) is 6.61 Å². The Balaban J connectivity index is 1.58. The molecule has 0 fully saturated rings. The predicted molar refractivity (Wildman–Crippen MR) is 120 cm³/mol. The molecule has 0 bridgehead atoms. The third kappa shape index (κ3) is 4.46. The van der Waals surface area contributed by atoms with Gasteiger partial charge in [-0.15, -0.1) is 0 Å². The summed E-state index contributed by atoms with van der Waals surface area (Å²) in [5.74, 6) is -0.173. The number of nitrogens with two attached hydrogens (primary N) is 1. The molecular weight excluding hydrogens is 412 g/mol. The van der Waals surface area contributed by atoms with Crippen molar-refractivity contribution in [2.24, 2.45) is 5.73 Å². The summed E-state index contributed by atoms with van der Waals surface area (Å²) in [5, 5.41) is 5.31. The number of fused-ring (bicyclic) bond motifs is 1. The second kappa shape index (κ2) is 8.68. The minimum Gasteiger partial charge on any atom is -0.482 e. The smallest absolute Gasteiger partial charge is 0.343 e. The molecule has 0 radical (unpaired) electrons. The maximum atomic E-state index is 12.5. The second-order valence-corrected chi connectivity index (χ2v) is 7.00. The molecule has 0 spiro atoms. The van der Waals surface area contributed by atoms with Crippen molar-refractivity contribution in [2.75, 3.05) is 24.4 Å². The van der Waals surface area contributed by atoms with Gasteiger partial charge in [0.2, 0.25) is 0 Å². The number of H-pyrrole nitrogens is 1. The molecule has 1 aliphatic rings. The normalized spacial score (nSPS) is 13.4. The Morgan fingerprint density at radius 2 is 1.97 bits per heavy atom. The van der Waals surface area contributed by atoms with Crippen LogP contribution in [0.1, 0.15) is 11.3 Å². The number of anilines is 2. The highest BCUT2D eigenvalue weighted by Crippen LogP contribution is 2.35. The molecule has 0 aliphatic carbocycles. The highest BCUT2D eigenvalue weighted by molar-refractivity contribution is 6.35. The maximum absolute atomic E-state index is 12.5.